The van der Waals surface area contributed by atoms with Crippen molar-refractivity contribution in [1.29, 1.82) is 0 Å². The van der Waals surface area contributed by atoms with Gasteiger partial charge in [0.2, 0.25) is 0 Å². The van der Waals surface area contributed by atoms with Crippen LogP contribution in [0.25, 0.3) is 28.6 Å². The number of carboxylic acids is 1. The number of allylic oxidation sites excluding steroid dienone is 5. The molecule has 5 rings (SSSR count). The van der Waals surface area contributed by atoms with E-state index in [4.69, 9.17) is 4.42 Å². The van der Waals surface area contributed by atoms with Gasteiger partial charge in [-0.3, -0.25) is 9.59 Å². The second kappa shape index (κ2) is 8.27. The molecule has 5 nitrogen and oxygen atoms in total. The van der Waals surface area contributed by atoms with Crippen molar-refractivity contribution < 1.29 is 14.3 Å². The maximum atomic E-state index is 12.6. The molecule has 3 aromatic rings. The molecule has 5 heteroatoms. The summed E-state index contributed by atoms with van der Waals surface area (Å²) in [5, 5.41) is 10.3. The molecule has 1 N–H and O–H groups in total. The lowest BCUT2D eigenvalue weighted by atomic mass is 9.92. The van der Waals surface area contributed by atoms with Crippen LogP contribution >= 0.6 is 0 Å². The number of pyridine rings is 1. The first-order chi connectivity index (χ1) is 15.6. The van der Waals surface area contributed by atoms with Crippen LogP contribution in [0.4, 0.5) is 0 Å². The maximum absolute atomic E-state index is 12.6. The summed E-state index contributed by atoms with van der Waals surface area (Å²) in [6.07, 6.45) is 13.2. The Bertz CT molecular complexity index is 1400. The van der Waals surface area contributed by atoms with Gasteiger partial charge in [0.1, 0.15) is 11.5 Å². The molecule has 0 saturated heterocycles. The van der Waals surface area contributed by atoms with Crippen LogP contribution in [0.15, 0.2) is 81.6 Å². The Labute approximate surface area is 184 Å². The van der Waals surface area contributed by atoms with Gasteiger partial charge in [-0.2, -0.15) is 0 Å². The lowest BCUT2D eigenvalue weighted by Gasteiger charge is -2.16. The van der Waals surface area contributed by atoms with E-state index in [0.29, 0.717) is 17.1 Å². The molecule has 0 fully saturated rings. The van der Waals surface area contributed by atoms with Gasteiger partial charge in [-0.1, -0.05) is 42.5 Å². The number of nitrogens with zero attached hydrogens (tertiary/aromatic N) is 1. The van der Waals surface area contributed by atoms with E-state index in [0.717, 1.165) is 40.6 Å². The number of carboxylic acid groups (broad SMARTS) is 1. The predicted octanol–water partition coefficient (Wildman–Crippen LogP) is 5.28. The first kappa shape index (κ1) is 19.9. The number of benzene rings is 1. The third kappa shape index (κ3) is 3.97. The highest BCUT2D eigenvalue weighted by Gasteiger charge is 2.24. The standard InChI is InChI=1S/C27H21NO4/c29-24-16-26(32-25-13-10-20(27(30)31)15-22(24)25)19-6-3-4-17(14-19)8-11-21-12-9-18-5-1-2-7-23(18)28-21/h1-2,5-14,16,20H,3-4,15H2,(H,30,31)/b11-8+. The molecule has 1 atom stereocenters. The van der Waals surface area contributed by atoms with Gasteiger partial charge in [0.15, 0.2) is 5.43 Å². The highest BCUT2D eigenvalue weighted by Crippen LogP contribution is 2.29. The van der Waals surface area contributed by atoms with Crippen LogP contribution in [0, 0.1) is 5.92 Å². The third-order valence-corrected chi connectivity index (χ3v) is 5.81. The molecule has 158 valence electrons. The number of fused-ring (bicyclic) bond motifs is 2. The molecule has 2 heterocycles. The molecule has 1 unspecified atom stereocenters. The molecule has 2 aliphatic carbocycles. The van der Waals surface area contributed by atoms with Crippen LogP contribution < -0.4 is 5.43 Å². The highest BCUT2D eigenvalue weighted by atomic mass is 16.4. The Kier molecular flexibility index (Phi) is 5.15. The number of carbonyl (C=O) groups is 1. The number of aliphatic carboxylic acids is 1. The normalized spacial score (nSPS) is 17.8. The molecule has 2 aliphatic rings. The molecule has 0 aliphatic heterocycles. The summed E-state index contributed by atoms with van der Waals surface area (Å²) >= 11 is 0. The van der Waals surface area contributed by atoms with Crippen LogP contribution in [0.5, 0.6) is 0 Å². The molecular weight excluding hydrogens is 402 g/mol. The van der Waals surface area contributed by atoms with E-state index in [1.165, 1.54) is 6.07 Å². The molecule has 1 aromatic carbocycles. The fraction of sp³-hybridized carbons (Fsp3) is 0.148. The summed E-state index contributed by atoms with van der Waals surface area (Å²) in [5.74, 6) is -0.680. The molecule has 0 bridgehead atoms. The van der Waals surface area contributed by atoms with Gasteiger partial charge in [0, 0.05) is 22.6 Å². The highest BCUT2D eigenvalue weighted by molar-refractivity contribution is 5.80. The van der Waals surface area contributed by atoms with E-state index < -0.39 is 11.9 Å². The maximum Gasteiger partial charge on any atom is 0.310 e. The zero-order valence-corrected chi connectivity index (χ0v) is 17.3. The zero-order chi connectivity index (χ0) is 22.1. The van der Waals surface area contributed by atoms with Crippen molar-refractivity contribution in [1.82, 2.24) is 4.98 Å². The van der Waals surface area contributed by atoms with Crippen molar-refractivity contribution in [3.63, 3.8) is 0 Å². The van der Waals surface area contributed by atoms with E-state index in [-0.39, 0.29) is 11.8 Å². The quantitative estimate of drug-likeness (QED) is 0.618. The number of rotatable bonds is 4. The van der Waals surface area contributed by atoms with Crippen molar-refractivity contribution in [2.24, 2.45) is 5.92 Å². The average Bonchev–Trinajstić information content (AvgIpc) is 2.82. The molecule has 0 saturated carbocycles. The van der Waals surface area contributed by atoms with E-state index >= 15 is 0 Å². The monoisotopic (exact) mass is 423 g/mol. The average molecular weight is 423 g/mol. The predicted molar refractivity (Wildman–Crippen MR) is 125 cm³/mol. The minimum Gasteiger partial charge on any atom is -0.481 e. The van der Waals surface area contributed by atoms with E-state index in [1.807, 2.05) is 42.5 Å². The fourth-order valence-electron chi connectivity index (χ4n) is 4.07. The van der Waals surface area contributed by atoms with Crippen LogP contribution in [0.3, 0.4) is 0 Å². The molecular formula is C27H21NO4. The van der Waals surface area contributed by atoms with E-state index in [9.17, 15) is 14.7 Å². The van der Waals surface area contributed by atoms with Crippen molar-refractivity contribution in [2.75, 3.05) is 0 Å². The Morgan fingerprint density at radius 1 is 1.16 bits per heavy atom. The molecule has 32 heavy (non-hydrogen) atoms. The third-order valence-electron chi connectivity index (χ3n) is 5.81. The molecule has 2 aromatic heterocycles. The zero-order valence-electron chi connectivity index (χ0n) is 17.3. The van der Waals surface area contributed by atoms with Crippen LogP contribution in [0.1, 0.15) is 35.6 Å². The fourth-order valence-corrected chi connectivity index (χ4v) is 4.07. The number of para-hydroxylation sites is 1. The van der Waals surface area contributed by atoms with Crippen molar-refractivity contribution >= 4 is 34.6 Å². The van der Waals surface area contributed by atoms with Crippen LogP contribution in [-0.4, -0.2) is 16.1 Å². The molecule has 0 spiro atoms. The van der Waals surface area contributed by atoms with Gasteiger partial charge < -0.3 is 9.52 Å². The number of aromatic nitrogens is 1. The minimum atomic E-state index is -0.939. The van der Waals surface area contributed by atoms with E-state index in [2.05, 4.69) is 23.2 Å². The Hall–Kier alpha value is -3.99. The SMILES string of the molecule is O=C(O)C1C=Cc2oc(C3=CCCC(/C=C/c4ccc5ccccc5n4)=C3)cc(=O)c2C1. The Morgan fingerprint density at radius 2 is 2.03 bits per heavy atom. The van der Waals surface area contributed by atoms with Gasteiger partial charge in [-0.05, 0) is 55.2 Å². The number of hydrogen-bond acceptors (Lipinski definition) is 4. The van der Waals surface area contributed by atoms with Crippen molar-refractivity contribution in [2.45, 2.75) is 19.3 Å². The lowest BCUT2D eigenvalue weighted by Crippen LogP contribution is -2.22. The Morgan fingerprint density at radius 3 is 2.91 bits per heavy atom. The largest absolute Gasteiger partial charge is 0.481 e. The summed E-state index contributed by atoms with van der Waals surface area (Å²) in [7, 11) is 0. The Balaban J connectivity index is 1.41. The minimum absolute atomic E-state index is 0.158. The molecule has 0 radical (unpaired) electrons. The first-order valence-electron chi connectivity index (χ1n) is 10.6. The second-order valence-corrected chi connectivity index (χ2v) is 8.01. The van der Waals surface area contributed by atoms with Gasteiger partial charge in [-0.25, -0.2) is 4.98 Å². The van der Waals surface area contributed by atoms with Crippen molar-refractivity contribution in [3.05, 3.63) is 105 Å². The van der Waals surface area contributed by atoms with Gasteiger partial charge in [0.25, 0.3) is 0 Å². The molecule has 0 amide bonds. The number of hydrogen-bond donors (Lipinski definition) is 1. The van der Waals surface area contributed by atoms with Crippen molar-refractivity contribution in [3.8, 4) is 0 Å². The topological polar surface area (TPSA) is 80.4 Å². The summed E-state index contributed by atoms with van der Waals surface area (Å²) < 4.78 is 5.98. The van der Waals surface area contributed by atoms with Gasteiger partial charge in [0.05, 0.1) is 17.1 Å². The second-order valence-electron chi connectivity index (χ2n) is 8.01. The first-order valence-corrected chi connectivity index (χ1v) is 10.6. The summed E-state index contributed by atoms with van der Waals surface area (Å²) in [6.45, 7) is 0. The van der Waals surface area contributed by atoms with Gasteiger partial charge in [-0.15, -0.1) is 0 Å². The summed E-state index contributed by atoms with van der Waals surface area (Å²) in [6, 6.07) is 13.5. The van der Waals surface area contributed by atoms with E-state index in [1.54, 1.807) is 12.2 Å². The van der Waals surface area contributed by atoms with Crippen LogP contribution in [-0.2, 0) is 11.2 Å². The summed E-state index contributed by atoms with van der Waals surface area (Å²) in [5.41, 5.74) is 4.07. The van der Waals surface area contributed by atoms with Crippen LogP contribution in [0.2, 0.25) is 0 Å². The summed E-state index contributed by atoms with van der Waals surface area (Å²) in [4.78, 5) is 28.6. The lowest BCUT2D eigenvalue weighted by molar-refractivity contribution is -0.140. The van der Waals surface area contributed by atoms with Gasteiger partial charge >= 0.3 is 5.97 Å². The smallest absolute Gasteiger partial charge is 0.310 e.